The van der Waals surface area contributed by atoms with Crippen LogP contribution in [0.15, 0.2) is 30.3 Å². The summed E-state index contributed by atoms with van der Waals surface area (Å²) < 4.78 is 5.04. The van der Waals surface area contributed by atoms with Gasteiger partial charge in [-0.3, -0.25) is 4.79 Å². The van der Waals surface area contributed by atoms with Gasteiger partial charge < -0.3 is 20.3 Å². The fraction of sp³-hybridized carbons (Fsp3) is 0.522. The van der Waals surface area contributed by atoms with Gasteiger partial charge in [0, 0.05) is 19.2 Å². The highest BCUT2D eigenvalue weighted by atomic mass is 16.5. The molecule has 1 saturated heterocycles. The Morgan fingerprint density at radius 3 is 2.63 bits per heavy atom. The minimum atomic E-state index is -0.278. The van der Waals surface area contributed by atoms with E-state index >= 15 is 0 Å². The second-order valence-corrected chi connectivity index (χ2v) is 7.89. The van der Waals surface area contributed by atoms with E-state index in [2.05, 4.69) is 39.8 Å². The molecule has 1 atom stereocenters. The highest BCUT2D eigenvalue weighted by Gasteiger charge is 2.22. The zero-order valence-corrected chi connectivity index (χ0v) is 17.7. The number of hydrogen-bond acceptors (Lipinski definition) is 7. The van der Waals surface area contributed by atoms with E-state index in [4.69, 9.17) is 14.7 Å². The Kier molecular flexibility index (Phi) is 6.79. The predicted molar refractivity (Wildman–Crippen MR) is 118 cm³/mol. The average Bonchev–Trinajstić information content (AvgIpc) is 3.01. The molecule has 30 heavy (non-hydrogen) atoms. The Hall–Kier alpha value is -2.67. The number of carbonyl (C=O) groups excluding carboxylic acids is 1. The van der Waals surface area contributed by atoms with Gasteiger partial charge in [-0.1, -0.05) is 30.7 Å². The third kappa shape index (κ3) is 5.08. The fourth-order valence-corrected chi connectivity index (χ4v) is 4.20. The van der Waals surface area contributed by atoms with Gasteiger partial charge in [0.05, 0.1) is 12.6 Å². The Labute approximate surface area is 178 Å². The van der Waals surface area contributed by atoms with Crippen molar-refractivity contribution in [3.05, 3.63) is 47.3 Å². The molecule has 7 heteroatoms. The number of carbonyl (C=O) groups is 1. The van der Waals surface area contributed by atoms with Crippen LogP contribution in [0.2, 0.25) is 0 Å². The van der Waals surface area contributed by atoms with Gasteiger partial charge in [0.2, 0.25) is 0 Å². The lowest BCUT2D eigenvalue weighted by Gasteiger charge is -2.26. The number of rotatable bonds is 6. The van der Waals surface area contributed by atoms with Crippen molar-refractivity contribution in [2.24, 2.45) is 0 Å². The Morgan fingerprint density at radius 1 is 1.20 bits per heavy atom. The summed E-state index contributed by atoms with van der Waals surface area (Å²) in [6.07, 6.45) is 5.40. The molecule has 0 amide bonds. The molecule has 2 aliphatic heterocycles. The molecule has 7 nitrogen and oxygen atoms in total. The first-order chi connectivity index (χ1) is 14.7. The van der Waals surface area contributed by atoms with Gasteiger partial charge in [-0.15, -0.1) is 0 Å². The number of ether oxygens (including phenoxy) is 1. The van der Waals surface area contributed by atoms with Crippen LogP contribution in [0, 0.1) is 0 Å². The molecule has 0 bridgehead atoms. The molecule has 160 valence electrons. The van der Waals surface area contributed by atoms with E-state index in [1.54, 1.807) is 0 Å². The molecule has 0 saturated carbocycles. The number of anilines is 2. The van der Waals surface area contributed by atoms with Gasteiger partial charge in [-0.25, -0.2) is 9.97 Å². The number of nitrogens with one attached hydrogen (secondary N) is 2. The van der Waals surface area contributed by atoms with Gasteiger partial charge in [0.15, 0.2) is 0 Å². The third-order valence-electron chi connectivity index (χ3n) is 5.82. The predicted octanol–water partition coefficient (Wildman–Crippen LogP) is 2.87. The zero-order valence-electron chi connectivity index (χ0n) is 17.7. The van der Waals surface area contributed by atoms with E-state index in [0.29, 0.717) is 12.4 Å². The van der Waals surface area contributed by atoms with Gasteiger partial charge in [0.25, 0.3) is 0 Å². The minimum absolute atomic E-state index is 0.104. The van der Waals surface area contributed by atoms with E-state index in [0.717, 1.165) is 50.5 Å². The summed E-state index contributed by atoms with van der Waals surface area (Å²) in [6.45, 7) is 5.12. The van der Waals surface area contributed by atoms with Gasteiger partial charge in [-0.2, -0.15) is 0 Å². The van der Waals surface area contributed by atoms with E-state index in [-0.39, 0.29) is 18.6 Å². The van der Waals surface area contributed by atoms with Crippen LogP contribution in [0.1, 0.15) is 49.2 Å². The standard InChI is InChI=1S/C23H31N5O2/c1-2-30-22(29)16-25-20-15-21(27-23(26-20)19-9-5-6-12-24-19)28-13-10-17-7-3-4-8-18(17)11-14-28/h3-4,7-8,15,19,24H,2,5-6,9-14,16H2,1H3,(H,25,26,27). The lowest BCUT2D eigenvalue weighted by molar-refractivity contribution is -0.140. The molecule has 1 aromatic heterocycles. The van der Waals surface area contributed by atoms with Crippen LogP contribution in [0.3, 0.4) is 0 Å². The van der Waals surface area contributed by atoms with Gasteiger partial charge in [0.1, 0.15) is 24.0 Å². The second kappa shape index (κ2) is 9.89. The molecule has 2 N–H and O–H groups in total. The zero-order chi connectivity index (χ0) is 20.8. The topological polar surface area (TPSA) is 79.4 Å². The van der Waals surface area contributed by atoms with Crippen molar-refractivity contribution >= 4 is 17.6 Å². The number of fused-ring (bicyclic) bond motifs is 1. The van der Waals surface area contributed by atoms with Crippen molar-refractivity contribution in [2.75, 3.05) is 43.0 Å². The number of piperidine rings is 1. The third-order valence-corrected chi connectivity index (χ3v) is 5.82. The fourth-order valence-electron chi connectivity index (χ4n) is 4.20. The van der Waals surface area contributed by atoms with E-state index in [1.165, 1.54) is 24.0 Å². The minimum Gasteiger partial charge on any atom is -0.465 e. The average molecular weight is 410 g/mol. The van der Waals surface area contributed by atoms with Crippen molar-refractivity contribution in [3.63, 3.8) is 0 Å². The lowest BCUT2D eigenvalue weighted by Crippen LogP contribution is -2.31. The van der Waals surface area contributed by atoms with Crippen LogP contribution in [0.5, 0.6) is 0 Å². The maximum absolute atomic E-state index is 11.8. The number of hydrogen-bond donors (Lipinski definition) is 2. The number of esters is 1. The molecular weight excluding hydrogens is 378 g/mol. The number of aromatic nitrogens is 2. The van der Waals surface area contributed by atoms with Crippen molar-refractivity contribution in [1.29, 1.82) is 0 Å². The second-order valence-electron chi connectivity index (χ2n) is 7.89. The summed E-state index contributed by atoms with van der Waals surface area (Å²) in [5.74, 6) is 2.13. The molecular formula is C23H31N5O2. The lowest BCUT2D eigenvalue weighted by atomic mass is 10.0. The van der Waals surface area contributed by atoms with Crippen molar-refractivity contribution in [1.82, 2.24) is 15.3 Å². The van der Waals surface area contributed by atoms with Crippen molar-refractivity contribution in [3.8, 4) is 0 Å². The van der Waals surface area contributed by atoms with Crippen LogP contribution in [-0.4, -0.2) is 48.7 Å². The molecule has 3 heterocycles. The quantitative estimate of drug-likeness (QED) is 0.710. The molecule has 0 spiro atoms. The number of nitrogens with zero attached hydrogens (tertiary/aromatic N) is 3. The highest BCUT2D eigenvalue weighted by Crippen LogP contribution is 2.26. The molecule has 1 aromatic carbocycles. The largest absolute Gasteiger partial charge is 0.465 e. The van der Waals surface area contributed by atoms with Crippen molar-refractivity contribution < 1.29 is 9.53 Å². The summed E-state index contributed by atoms with van der Waals surface area (Å²) in [5, 5.41) is 6.68. The molecule has 2 aliphatic rings. The first kappa shape index (κ1) is 20.6. The number of benzene rings is 1. The Balaban J connectivity index is 1.56. The van der Waals surface area contributed by atoms with Crippen molar-refractivity contribution in [2.45, 2.75) is 45.1 Å². The van der Waals surface area contributed by atoms with Crippen LogP contribution < -0.4 is 15.5 Å². The summed E-state index contributed by atoms with van der Waals surface area (Å²) in [4.78, 5) is 23.8. The normalized spacial score (nSPS) is 19.0. The van der Waals surface area contributed by atoms with Gasteiger partial charge in [-0.05, 0) is 50.3 Å². The molecule has 0 radical (unpaired) electrons. The van der Waals surface area contributed by atoms with Crippen LogP contribution in [-0.2, 0) is 22.4 Å². The SMILES string of the molecule is CCOC(=O)CNc1cc(N2CCc3ccccc3CC2)nc(C2CCCCN2)n1. The summed E-state index contributed by atoms with van der Waals surface area (Å²) in [7, 11) is 0. The maximum Gasteiger partial charge on any atom is 0.325 e. The summed E-state index contributed by atoms with van der Waals surface area (Å²) in [6, 6.07) is 10.8. The highest BCUT2D eigenvalue weighted by molar-refractivity contribution is 5.74. The molecule has 0 aliphatic carbocycles. The molecule has 4 rings (SSSR count). The Bertz CT molecular complexity index is 839. The van der Waals surface area contributed by atoms with Gasteiger partial charge >= 0.3 is 5.97 Å². The summed E-state index contributed by atoms with van der Waals surface area (Å²) in [5.41, 5.74) is 2.84. The van der Waals surface area contributed by atoms with Crippen LogP contribution >= 0.6 is 0 Å². The first-order valence-electron chi connectivity index (χ1n) is 11.1. The molecule has 1 fully saturated rings. The van der Waals surface area contributed by atoms with E-state index < -0.39 is 0 Å². The first-order valence-corrected chi connectivity index (χ1v) is 11.1. The molecule has 1 unspecified atom stereocenters. The van der Waals surface area contributed by atoms with E-state index in [9.17, 15) is 4.79 Å². The monoisotopic (exact) mass is 409 g/mol. The molecule has 2 aromatic rings. The summed E-state index contributed by atoms with van der Waals surface area (Å²) >= 11 is 0. The smallest absolute Gasteiger partial charge is 0.325 e. The van der Waals surface area contributed by atoms with Crippen LogP contribution in [0.4, 0.5) is 11.6 Å². The maximum atomic E-state index is 11.8. The Morgan fingerprint density at radius 2 is 1.97 bits per heavy atom. The van der Waals surface area contributed by atoms with Crippen LogP contribution in [0.25, 0.3) is 0 Å². The van der Waals surface area contributed by atoms with E-state index in [1.807, 2.05) is 13.0 Å².